The standard InChI is InChI=1S/C11H17N3O4S/c1-7-10(8(2)13(3)12-7)19(17,18)14-5-4-9(6-14)11(15)16/h9H,4-6H2,1-3H3,(H,15,16)/t9-/m0/s1. The van der Waals surface area contributed by atoms with Crippen LogP contribution in [0.4, 0.5) is 0 Å². The summed E-state index contributed by atoms with van der Waals surface area (Å²) in [6.45, 7) is 3.61. The van der Waals surface area contributed by atoms with Gasteiger partial charge in [-0.2, -0.15) is 9.40 Å². The SMILES string of the molecule is Cc1nn(C)c(C)c1S(=O)(=O)N1CC[C@H](C(=O)O)C1. The zero-order valence-corrected chi connectivity index (χ0v) is 11.9. The Hall–Kier alpha value is -1.41. The molecule has 0 saturated carbocycles. The molecule has 0 aliphatic carbocycles. The number of hydrogen-bond donors (Lipinski definition) is 1. The van der Waals surface area contributed by atoms with Crippen LogP contribution < -0.4 is 0 Å². The van der Waals surface area contributed by atoms with E-state index in [0.717, 1.165) is 0 Å². The van der Waals surface area contributed by atoms with Gasteiger partial charge in [0.2, 0.25) is 10.0 Å². The van der Waals surface area contributed by atoms with Crippen LogP contribution in [0.3, 0.4) is 0 Å². The lowest BCUT2D eigenvalue weighted by molar-refractivity contribution is -0.141. The topological polar surface area (TPSA) is 92.5 Å². The van der Waals surface area contributed by atoms with Crippen LogP contribution in [0.1, 0.15) is 17.8 Å². The van der Waals surface area contributed by atoms with Crippen LogP contribution in [0, 0.1) is 19.8 Å². The number of sulfonamides is 1. The summed E-state index contributed by atoms with van der Waals surface area (Å²) >= 11 is 0. The van der Waals surface area contributed by atoms with E-state index >= 15 is 0 Å². The van der Waals surface area contributed by atoms with Gasteiger partial charge in [-0.3, -0.25) is 9.48 Å². The highest BCUT2D eigenvalue weighted by atomic mass is 32.2. The van der Waals surface area contributed by atoms with Crippen molar-refractivity contribution in [2.45, 2.75) is 25.2 Å². The number of carboxylic acid groups (broad SMARTS) is 1. The van der Waals surface area contributed by atoms with Gasteiger partial charge in [0, 0.05) is 20.1 Å². The quantitative estimate of drug-likeness (QED) is 0.853. The maximum atomic E-state index is 12.5. The Kier molecular flexibility index (Phi) is 3.40. The van der Waals surface area contributed by atoms with Gasteiger partial charge in [0.25, 0.3) is 0 Å². The van der Waals surface area contributed by atoms with E-state index in [2.05, 4.69) is 5.10 Å². The molecule has 0 aromatic carbocycles. The minimum absolute atomic E-state index is 0.0332. The van der Waals surface area contributed by atoms with Gasteiger partial charge in [-0.25, -0.2) is 8.42 Å². The largest absolute Gasteiger partial charge is 0.481 e. The fraction of sp³-hybridized carbons (Fsp3) is 0.636. The van der Waals surface area contributed by atoms with E-state index in [1.165, 1.54) is 8.99 Å². The summed E-state index contributed by atoms with van der Waals surface area (Å²) in [5.41, 5.74) is 1.01. The molecule has 1 aliphatic rings. The van der Waals surface area contributed by atoms with Gasteiger partial charge >= 0.3 is 5.97 Å². The van der Waals surface area contributed by atoms with Gasteiger partial charge < -0.3 is 5.11 Å². The Morgan fingerprint density at radius 1 is 1.42 bits per heavy atom. The lowest BCUT2D eigenvalue weighted by atomic mass is 10.1. The molecule has 1 atom stereocenters. The molecule has 2 heterocycles. The second kappa shape index (κ2) is 4.61. The summed E-state index contributed by atoms with van der Waals surface area (Å²) in [5.74, 6) is -1.57. The van der Waals surface area contributed by atoms with Crippen LogP contribution in [-0.2, 0) is 21.9 Å². The van der Waals surface area contributed by atoms with Gasteiger partial charge in [0.15, 0.2) is 0 Å². The third-order valence-electron chi connectivity index (χ3n) is 3.54. The lowest BCUT2D eigenvalue weighted by Crippen LogP contribution is -2.30. The zero-order chi connectivity index (χ0) is 14.4. The first kappa shape index (κ1) is 14.0. The molecule has 0 radical (unpaired) electrons. The van der Waals surface area contributed by atoms with Crippen LogP contribution in [-0.4, -0.2) is 46.7 Å². The summed E-state index contributed by atoms with van der Waals surface area (Å²) in [5, 5.41) is 13.0. The summed E-state index contributed by atoms with van der Waals surface area (Å²) in [4.78, 5) is 11.1. The van der Waals surface area contributed by atoms with Crippen LogP contribution in [0.25, 0.3) is 0 Å². The fourth-order valence-corrected chi connectivity index (χ4v) is 4.30. The van der Waals surface area contributed by atoms with E-state index in [0.29, 0.717) is 17.8 Å². The minimum atomic E-state index is -3.66. The van der Waals surface area contributed by atoms with Gasteiger partial charge in [-0.15, -0.1) is 0 Å². The van der Waals surface area contributed by atoms with E-state index in [9.17, 15) is 13.2 Å². The maximum absolute atomic E-state index is 12.5. The highest BCUT2D eigenvalue weighted by molar-refractivity contribution is 7.89. The van der Waals surface area contributed by atoms with E-state index in [4.69, 9.17) is 5.11 Å². The number of carboxylic acids is 1. The fourth-order valence-electron chi connectivity index (χ4n) is 2.40. The van der Waals surface area contributed by atoms with E-state index < -0.39 is 21.9 Å². The number of carbonyl (C=O) groups is 1. The zero-order valence-electron chi connectivity index (χ0n) is 11.1. The molecule has 0 spiro atoms. The first-order valence-corrected chi connectivity index (χ1v) is 7.42. The van der Waals surface area contributed by atoms with E-state index in [1.54, 1.807) is 20.9 Å². The van der Waals surface area contributed by atoms with Crippen molar-refractivity contribution in [3.8, 4) is 0 Å². The van der Waals surface area contributed by atoms with Crippen molar-refractivity contribution in [3.63, 3.8) is 0 Å². The second-order valence-corrected chi connectivity index (χ2v) is 6.69. The molecule has 0 amide bonds. The highest BCUT2D eigenvalue weighted by Gasteiger charge is 2.38. The maximum Gasteiger partial charge on any atom is 0.307 e. The molecule has 1 aromatic rings. The normalized spacial score (nSPS) is 20.9. The van der Waals surface area contributed by atoms with Crippen LogP contribution in [0.15, 0.2) is 4.90 Å². The number of aryl methyl sites for hydroxylation is 2. The first-order valence-electron chi connectivity index (χ1n) is 5.98. The Morgan fingerprint density at radius 3 is 2.47 bits per heavy atom. The Labute approximate surface area is 111 Å². The molecular formula is C11H17N3O4S. The number of rotatable bonds is 3. The molecule has 7 nitrogen and oxygen atoms in total. The van der Waals surface area contributed by atoms with Gasteiger partial charge in [0.05, 0.1) is 17.3 Å². The molecule has 19 heavy (non-hydrogen) atoms. The molecule has 0 unspecified atom stereocenters. The smallest absolute Gasteiger partial charge is 0.307 e. The second-order valence-electron chi connectivity index (χ2n) is 4.81. The van der Waals surface area contributed by atoms with Crippen molar-refractivity contribution in [3.05, 3.63) is 11.4 Å². The number of nitrogens with zero attached hydrogens (tertiary/aromatic N) is 3. The molecular weight excluding hydrogens is 270 g/mol. The summed E-state index contributed by atoms with van der Waals surface area (Å²) in [6.07, 6.45) is 0.354. The monoisotopic (exact) mass is 287 g/mol. The number of hydrogen-bond acceptors (Lipinski definition) is 4. The average Bonchev–Trinajstić information content (AvgIpc) is 2.85. The summed E-state index contributed by atoms with van der Waals surface area (Å²) in [6, 6.07) is 0. The molecule has 106 valence electrons. The van der Waals surface area contributed by atoms with Crippen molar-refractivity contribution in [1.82, 2.24) is 14.1 Å². The van der Waals surface area contributed by atoms with Gasteiger partial charge in [0.1, 0.15) is 4.90 Å². The molecule has 1 saturated heterocycles. The van der Waals surface area contributed by atoms with Crippen LogP contribution in [0.5, 0.6) is 0 Å². The molecule has 1 aromatic heterocycles. The summed E-state index contributed by atoms with van der Waals surface area (Å²) in [7, 11) is -1.97. The van der Waals surface area contributed by atoms with Crippen molar-refractivity contribution in [2.24, 2.45) is 13.0 Å². The molecule has 1 fully saturated rings. The minimum Gasteiger partial charge on any atom is -0.481 e. The molecule has 8 heteroatoms. The Morgan fingerprint density at radius 2 is 2.05 bits per heavy atom. The van der Waals surface area contributed by atoms with Gasteiger partial charge in [-0.1, -0.05) is 0 Å². The average molecular weight is 287 g/mol. The predicted molar refractivity (Wildman–Crippen MR) is 67.2 cm³/mol. The third-order valence-corrected chi connectivity index (χ3v) is 5.66. The Balaban J connectivity index is 2.37. The van der Waals surface area contributed by atoms with Crippen molar-refractivity contribution >= 4 is 16.0 Å². The van der Waals surface area contributed by atoms with Crippen LogP contribution in [0.2, 0.25) is 0 Å². The first-order chi connectivity index (χ1) is 8.75. The third kappa shape index (κ3) is 2.25. The van der Waals surface area contributed by atoms with Crippen molar-refractivity contribution in [2.75, 3.05) is 13.1 Å². The van der Waals surface area contributed by atoms with E-state index in [-0.39, 0.29) is 18.0 Å². The highest BCUT2D eigenvalue weighted by Crippen LogP contribution is 2.28. The van der Waals surface area contributed by atoms with Crippen molar-refractivity contribution in [1.29, 1.82) is 0 Å². The van der Waals surface area contributed by atoms with E-state index in [1.807, 2.05) is 0 Å². The number of aliphatic carboxylic acids is 1. The summed E-state index contributed by atoms with van der Waals surface area (Å²) < 4.78 is 27.8. The molecule has 0 bridgehead atoms. The van der Waals surface area contributed by atoms with Crippen molar-refractivity contribution < 1.29 is 18.3 Å². The Bertz CT molecular complexity index is 620. The van der Waals surface area contributed by atoms with Crippen LogP contribution >= 0.6 is 0 Å². The number of aromatic nitrogens is 2. The molecule has 1 N–H and O–H groups in total. The predicted octanol–water partition coefficient (Wildman–Crippen LogP) is 0.132. The van der Waals surface area contributed by atoms with Gasteiger partial charge in [-0.05, 0) is 20.3 Å². The molecule has 1 aliphatic heterocycles. The lowest BCUT2D eigenvalue weighted by Gasteiger charge is -2.16. The molecule has 2 rings (SSSR count).